The second kappa shape index (κ2) is 9.56. The summed E-state index contributed by atoms with van der Waals surface area (Å²) in [6, 6.07) is 8.53. The molecule has 2 N–H and O–H groups in total. The molecule has 0 atom stereocenters. The van der Waals surface area contributed by atoms with Crippen LogP contribution in [0.1, 0.15) is 24.8 Å². The first-order valence-electron chi connectivity index (χ1n) is 8.39. The van der Waals surface area contributed by atoms with Crippen molar-refractivity contribution >= 4 is 45.9 Å². The molecule has 1 heterocycles. The van der Waals surface area contributed by atoms with Gasteiger partial charge in [-0.1, -0.05) is 34.1 Å². The van der Waals surface area contributed by atoms with Gasteiger partial charge in [0.1, 0.15) is 0 Å². The number of imidazole rings is 1. The third kappa shape index (κ3) is 5.44. The molecule has 25 heavy (non-hydrogen) atoms. The number of halogens is 2. The molecule has 0 unspecified atom stereocenters. The Labute approximate surface area is 174 Å². The first-order valence-corrected chi connectivity index (χ1v) is 9.18. The lowest BCUT2D eigenvalue weighted by atomic mass is 9.96. The highest BCUT2D eigenvalue weighted by atomic mass is 127. The van der Waals surface area contributed by atoms with E-state index in [1.165, 1.54) is 22.9 Å². The maximum Gasteiger partial charge on any atom is 0.191 e. The smallest absolute Gasteiger partial charge is 0.191 e. The highest BCUT2D eigenvalue weighted by Gasteiger charge is 2.45. The molecule has 7 heteroatoms. The number of hydrogen-bond acceptors (Lipinski definition) is 2. The summed E-state index contributed by atoms with van der Waals surface area (Å²) in [5.74, 6) is 0.874. The van der Waals surface area contributed by atoms with Gasteiger partial charge in [0.25, 0.3) is 0 Å². The van der Waals surface area contributed by atoms with Crippen LogP contribution >= 0.6 is 39.9 Å². The predicted octanol–water partition coefficient (Wildman–Crippen LogP) is 3.55. The fourth-order valence-electron chi connectivity index (χ4n) is 2.94. The van der Waals surface area contributed by atoms with Gasteiger partial charge in [-0.05, 0) is 30.9 Å². The lowest BCUT2D eigenvalue weighted by molar-refractivity contribution is 0.611. The van der Waals surface area contributed by atoms with E-state index in [-0.39, 0.29) is 29.4 Å². The van der Waals surface area contributed by atoms with Crippen LogP contribution in [0, 0.1) is 0 Å². The van der Waals surface area contributed by atoms with Crippen molar-refractivity contribution in [3.05, 3.63) is 53.0 Å². The molecule has 1 saturated carbocycles. The maximum absolute atomic E-state index is 4.33. The van der Waals surface area contributed by atoms with Crippen LogP contribution in [0.2, 0.25) is 0 Å². The highest BCUT2D eigenvalue weighted by Crippen LogP contribution is 2.49. The van der Waals surface area contributed by atoms with Gasteiger partial charge in [-0.15, -0.1) is 24.0 Å². The van der Waals surface area contributed by atoms with Gasteiger partial charge in [0, 0.05) is 49.0 Å². The molecule has 1 aromatic carbocycles. The topological polar surface area (TPSA) is 54.2 Å². The van der Waals surface area contributed by atoms with Gasteiger partial charge in [0.05, 0.1) is 6.33 Å². The van der Waals surface area contributed by atoms with Crippen LogP contribution in [0.3, 0.4) is 0 Å². The van der Waals surface area contributed by atoms with Crippen molar-refractivity contribution in [2.45, 2.75) is 31.2 Å². The molecule has 5 nitrogen and oxygen atoms in total. The van der Waals surface area contributed by atoms with E-state index in [9.17, 15) is 0 Å². The van der Waals surface area contributed by atoms with Crippen molar-refractivity contribution in [2.75, 3.05) is 20.1 Å². The van der Waals surface area contributed by atoms with Gasteiger partial charge < -0.3 is 15.2 Å². The molecular weight excluding hydrogens is 493 g/mol. The minimum Gasteiger partial charge on any atom is -0.356 e. The number of benzene rings is 1. The summed E-state index contributed by atoms with van der Waals surface area (Å²) in [7, 11) is 1.82. The minimum atomic E-state index is 0. The average molecular weight is 518 g/mol. The van der Waals surface area contributed by atoms with E-state index in [4.69, 9.17) is 0 Å². The molecule has 1 aliphatic carbocycles. The van der Waals surface area contributed by atoms with Gasteiger partial charge in [0.15, 0.2) is 5.96 Å². The van der Waals surface area contributed by atoms with Crippen molar-refractivity contribution in [1.82, 2.24) is 20.2 Å². The zero-order valence-corrected chi connectivity index (χ0v) is 18.3. The third-order valence-electron chi connectivity index (χ3n) is 4.56. The van der Waals surface area contributed by atoms with Gasteiger partial charge in [-0.2, -0.15) is 0 Å². The average Bonchev–Trinajstić information content (AvgIpc) is 3.20. The molecule has 0 amide bonds. The van der Waals surface area contributed by atoms with E-state index in [2.05, 4.69) is 65.4 Å². The number of hydrogen-bond donors (Lipinski definition) is 2. The molecule has 2 aromatic rings. The molecule has 0 spiro atoms. The number of rotatable bonds is 7. The van der Waals surface area contributed by atoms with E-state index in [1.54, 1.807) is 0 Å². The Morgan fingerprint density at radius 2 is 2.12 bits per heavy atom. The number of aliphatic imine (C=N–C) groups is 1. The molecule has 0 radical (unpaired) electrons. The van der Waals surface area contributed by atoms with E-state index in [0.717, 1.165) is 32.0 Å². The first kappa shape index (κ1) is 20.2. The summed E-state index contributed by atoms with van der Waals surface area (Å²) in [6.07, 6.45) is 9.13. The summed E-state index contributed by atoms with van der Waals surface area (Å²) in [4.78, 5) is 8.39. The lowest BCUT2D eigenvalue weighted by Crippen LogP contribution is -2.41. The standard InChI is InChI=1S/C18H24BrN5.HI/c1-20-17(22-9-4-11-24-12-10-21-14-24)23-13-18(7-8-18)15-5-2-3-6-16(15)19;/h2-3,5-6,10,12,14H,4,7-9,11,13H2,1H3,(H2,20,22,23);1H. The monoisotopic (exact) mass is 517 g/mol. The minimum absolute atomic E-state index is 0. The van der Waals surface area contributed by atoms with E-state index in [0.29, 0.717) is 0 Å². The predicted molar refractivity (Wildman–Crippen MR) is 117 cm³/mol. The second-order valence-electron chi connectivity index (χ2n) is 6.27. The Balaban J connectivity index is 0.00000225. The number of aryl methyl sites for hydroxylation is 1. The summed E-state index contributed by atoms with van der Waals surface area (Å²) in [6.45, 7) is 2.77. The molecule has 1 aromatic heterocycles. The number of nitrogens with zero attached hydrogens (tertiary/aromatic N) is 3. The van der Waals surface area contributed by atoms with Crippen LogP contribution < -0.4 is 10.6 Å². The number of aromatic nitrogens is 2. The Hall–Kier alpha value is -1.09. The Bertz CT molecular complexity index is 683. The quantitative estimate of drug-likeness (QED) is 0.255. The molecule has 0 bridgehead atoms. The third-order valence-corrected chi connectivity index (χ3v) is 5.25. The largest absolute Gasteiger partial charge is 0.356 e. The summed E-state index contributed by atoms with van der Waals surface area (Å²) in [5, 5.41) is 6.88. The fraction of sp³-hybridized carbons (Fsp3) is 0.444. The van der Waals surface area contributed by atoms with Crippen LogP contribution in [0.5, 0.6) is 0 Å². The molecule has 0 saturated heterocycles. The van der Waals surface area contributed by atoms with Gasteiger partial charge in [-0.3, -0.25) is 4.99 Å². The lowest BCUT2D eigenvalue weighted by Gasteiger charge is -2.20. The number of nitrogens with one attached hydrogen (secondary N) is 2. The van der Waals surface area contributed by atoms with Gasteiger partial charge in [0.2, 0.25) is 0 Å². The van der Waals surface area contributed by atoms with Crippen molar-refractivity contribution in [3.63, 3.8) is 0 Å². The summed E-state index contributed by atoms with van der Waals surface area (Å²) < 4.78 is 3.29. The van der Waals surface area contributed by atoms with Crippen LogP contribution in [0.15, 0.2) is 52.5 Å². The molecular formula is C18H25BrIN5. The van der Waals surface area contributed by atoms with Gasteiger partial charge in [-0.25, -0.2) is 4.98 Å². The normalized spacial score (nSPS) is 15.4. The molecule has 1 fully saturated rings. The zero-order valence-electron chi connectivity index (χ0n) is 14.4. The van der Waals surface area contributed by atoms with Crippen molar-refractivity contribution in [2.24, 2.45) is 4.99 Å². The van der Waals surface area contributed by atoms with Crippen LogP contribution in [-0.2, 0) is 12.0 Å². The summed E-state index contributed by atoms with van der Waals surface area (Å²) >= 11 is 3.69. The molecule has 136 valence electrons. The molecule has 3 rings (SSSR count). The van der Waals surface area contributed by atoms with Crippen molar-refractivity contribution < 1.29 is 0 Å². The van der Waals surface area contributed by atoms with E-state index in [1.807, 2.05) is 25.8 Å². The highest BCUT2D eigenvalue weighted by molar-refractivity contribution is 14.0. The van der Waals surface area contributed by atoms with Crippen molar-refractivity contribution in [1.29, 1.82) is 0 Å². The van der Waals surface area contributed by atoms with Crippen molar-refractivity contribution in [3.8, 4) is 0 Å². The Kier molecular flexibility index (Phi) is 7.74. The van der Waals surface area contributed by atoms with Gasteiger partial charge >= 0.3 is 0 Å². The molecule has 0 aliphatic heterocycles. The fourth-order valence-corrected chi connectivity index (χ4v) is 3.65. The van der Waals surface area contributed by atoms with Crippen LogP contribution in [0.4, 0.5) is 0 Å². The van der Waals surface area contributed by atoms with E-state index < -0.39 is 0 Å². The summed E-state index contributed by atoms with van der Waals surface area (Å²) in [5.41, 5.74) is 1.64. The Morgan fingerprint density at radius 1 is 1.32 bits per heavy atom. The SMILES string of the molecule is CN=C(NCCCn1ccnc1)NCC1(c2ccccc2Br)CC1.I. The molecule has 1 aliphatic rings. The maximum atomic E-state index is 4.33. The van der Waals surface area contributed by atoms with E-state index >= 15 is 0 Å². The van der Waals surface area contributed by atoms with Crippen LogP contribution in [0.25, 0.3) is 0 Å². The number of guanidine groups is 1. The zero-order chi connectivity index (χ0) is 16.8. The Morgan fingerprint density at radius 3 is 2.76 bits per heavy atom. The second-order valence-corrected chi connectivity index (χ2v) is 7.12. The first-order chi connectivity index (χ1) is 11.7. The van der Waals surface area contributed by atoms with Crippen LogP contribution in [-0.4, -0.2) is 35.6 Å².